The zero-order valence-corrected chi connectivity index (χ0v) is 22.3. The molecule has 1 fully saturated rings. The molecule has 1 saturated heterocycles. The van der Waals surface area contributed by atoms with Crippen molar-refractivity contribution in [2.24, 2.45) is 10.9 Å². The van der Waals surface area contributed by atoms with E-state index in [-0.39, 0.29) is 41.3 Å². The minimum Gasteiger partial charge on any atom is -0.357 e. The van der Waals surface area contributed by atoms with Crippen molar-refractivity contribution in [3.8, 4) is 0 Å². The predicted octanol–water partition coefficient (Wildman–Crippen LogP) is 3.24. The first-order chi connectivity index (χ1) is 13.6. The van der Waals surface area contributed by atoms with Gasteiger partial charge in [-0.3, -0.25) is 14.6 Å². The summed E-state index contributed by atoms with van der Waals surface area (Å²) < 4.78 is 0. The van der Waals surface area contributed by atoms with Gasteiger partial charge >= 0.3 is 0 Å². The fourth-order valence-corrected chi connectivity index (χ4v) is 3.26. The van der Waals surface area contributed by atoms with Crippen molar-refractivity contribution < 1.29 is 9.59 Å². The van der Waals surface area contributed by atoms with Gasteiger partial charge < -0.3 is 20.4 Å². The van der Waals surface area contributed by atoms with E-state index in [9.17, 15) is 9.59 Å². The summed E-state index contributed by atoms with van der Waals surface area (Å²) in [6.07, 6.45) is 4.05. The summed E-state index contributed by atoms with van der Waals surface area (Å²) >= 11 is 0. The Balaban J connectivity index is 0.00000841. The molecule has 8 heteroatoms. The van der Waals surface area contributed by atoms with Crippen molar-refractivity contribution in [2.45, 2.75) is 79.2 Å². The summed E-state index contributed by atoms with van der Waals surface area (Å²) in [5.74, 6) is 1.66. The molecule has 0 aromatic rings. The highest BCUT2D eigenvalue weighted by molar-refractivity contribution is 14.0. The minimum absolute atomic E-state index is 0. The molecular weight excluding hydrogens is 493 g/mol. The summed E-state index contributed by atoms with van der Waals surface area (Å²) in [4.78, 5) is 33.0. The lowest BCUT2D eigenvalue weighted by molar-refractivity contribution is -0.140. The number of hydrogen-bond donors (Lipinski definition) is 2. The number of hydrogen-bond acceptors (Lipinski definition) is 3. The number of unbranched alkanes of at least 4 members (excludes halogenated alkanes) is 2. The first-order valence-electron chi connectivity index (χ1n) is 11.2. The van der Waals surface area contributed by atoms with Gasteiger partial charge in [0.1, 0.15) is 0 Å². The van der Waals surface area contributed by atoms with Gasteiger partial charge in [-0.2, -0.15) is 0 Å². The van der Waals surface area contributed by atoms with Crippen molar-refractivity contribution in [1.29, 1.82) is 0 Å². The van der Waals surface area contributed by atoms with E-state index in [0.29, 0.717) is 44.9 Å². The predicted molar refractivity (Wildman–Crippen MR) is 135 cm³/mol. The number of amides is 2. The number of guanidine groups is 1. The molecule has 0 unspecified atom stereocenters. The number of rotatable bonds is 9. The Morgan fingerprint density at radius 2 is 1.53 bits per heavy atom. The molecule has 1 aliphatic heterocycles. The fraction of sp³-hybridized carbons (Fsp3) is 0.864. The van der Waals surface area contributed by atoms with Gasteiger partial charge in [0, 0.05) is 57.6 Å². The Kier molecular flexibility index (Phi) is 14.3. The molecule has 0 radical (unpaired) electrons. The molecule has 7 nitrogen and oxygen atoms in total. The fourth-order valence-electron chi connectivity index (χ4n) is 3.26. The van der Waals surface area contributed by atoms with Crippen LogP contribution in [0.25, 0.3) is 0 Å². The van der Waals surface area contributed by atoms with Crippen LogP contribution in [0.3, 0.4) is 0 Å². The molecule has 0 aliphatic carbocycles. The first kappa shape index (κ1) is 28.9. The maximum Gasteiger partial charge on any atom is 0.222 e. The Labute approximate surface area is 200 Å². The molecule has 176 valence electrons. The summed E-state index contributed by atoms with van der Waals surface area (Å²) in [7, 11) is 0. The highest BCUT2D eigenvalue weighted by Crippen LogP contribution is 2.11. The van der Waals surface area contributed by atoms with Crippen LogP contribution < -0.4 is 10.6 Å². The van der Waals surface area contributed by atoms with Gasteiger partial charge in [-0.15, -0.1) is 24.0 Å². The van der Waals surface area contributed by atoms with E-state index in [4.69, 9.17) is 0 Å². The van der Waals surface area contributed by atoms with Gasteiger partial charge in [-0.25, -0.2) is 0 Å². The zero-order chi connectivity index (χ0) is 21.9. The van der Waals surface area contributed by atoms with Crippen LogP contribution in [0.5, 0.6) is 0 Å². The van der Waals surface area contributed by atoms with Gasteiger partial charge in [0.05, 0.1) is 0 Å². The van der Waals surface area contributed by atoms with E-state index >= 15 is 0 Å². The third-order valence-electron chi connectivity index (χ3n) is 4.72. The van der Waals surface area contributed by atoms with Crippen molar-refractivity contribution >= 4 is 41.8 Å². The van der Waals surface area contributed by atoms with Gasteiger partial charge in [-0.05, 0) is 46.5 Å². The minimum atomic E-state index is -0.0170. The number of carbonyl (C=O) groups excluding carboxylic acids is 2. The Morgan fingerprint density at radius 3 is 2.03 bits per heavy atom. The maximum atomic E-state index is 12.4. The Bertz CT molecular complexity index is 538. The van der Waals surface area contributed by atoms with Crippen molar-refractivity contribution in [3.63, 3.8) is 0 Å². The van der Waals surface area contributed by atoms with E-state index < -0.39 is 0 Å². The van der Waals surface area contributed by atoms with Crippen LogP contribution >= 0.6 is 24.0 Å². The van der Waals surface area contributed by atoms with Crippen LogP contribution in [0, 0.1) is 5.92 Å². The second kappa shape index (κ2) is 14.9. The Hall–Kier alpha value is -1.06. The van der Waals surface area contributed by atoms with Crippen molar-refractivity contribution in [1.82, 2.24) is 20.4 Å². The van der Waals surface area contributed by atoms with Crippen LogP contribution in [0.1, 0.15) is 73.6 Å². The average Bonchev–Trinajstić information content (AvgIpc) is 2.62. The highest BCUT2D eigenvalue weighted by atomic mass is 127. The quantitative estimate of drug-likeness (QED) is 0.205. The molecule has 0 aromatic carbocycles. The number of piperazine rings is 1. The first-order valence-corrected chi connectivity index (χ1v) is 11.2. The smallest absolute Gasteiger partial charge is 0.222 e. The van der Waals surface area contributed by atoms with Gasteiger partial charge in [0.15, 0.2) is 5.96 Å². The zero-order valence-electron chi connectivity index (χ0n) is 19.9. The second-order valence-electron chi connectivity index (χ2n) is 9.31. The van der Waals surface area contributed by atoms with E-state index in [2.05, 4.69) is 57.2 Å². The molecule has 2 N–H and O–H groups in total. The molecule has 0 spiro atoms. The van der Waals surface area contributed by atoms with Crippen LogP contribution in [0.2, 0.25) is 0 Å². The molecule has 2 amide bonds. The molecule has 30 heavy (non-hydrogen) atoms. The van der Waals surface area contributed by atoms with E-state index in [1.54, 1.807) is 0 Å². The summed E-state index contributed by atoms with van der Waals surface area (Å²) in [5.41, 5.74) is -0.0170. The van der Waals surface area contributed by atoms with Crippen LogP contribution in [-0.2, 0) is 9.59 Å². The topological polar surface area (TPSA) is 77.0 Å². The summed E-state index contributed by atoms with van der Waals surface area (Å²) in [5, 5.41) is 6.64. The molecule has 0 saturated carbocycles. The second-order valence-corrected chi connectivity index (χ2v) is 9.31. The van der Waals surface area contributed by atoms with Crippen LogP contribution in [0.15, 0.2) is 4.99 Å². The van der Waals surface area contributed by atoms with Gasteiger partial charge in [0.2, 0.25) is 11.8 Å². The Morgan fingerprint density at radius 1 is 0.967 bits per heavy atom. The SMILES string of the molecule is CCNC(=NCCCCCC(=O)N1CCN(C(=O)CC(C)C)CC1)NC(C)(C)C.I. The number of nitrogens with one attached hydrogen (secondary N) is 2. The molecule has 0 atom stereocenters. The normalized spacial score (nSPS) is 15.1. The number of carbonyl (C=O) groups is 2. The lowest BCUT2D eigenvalue weighted by atomic mass is 10.1. The molecular formula is C22H44IN5O2. The van der Waals surface area contributed by atoms with E-state index in [0.717, 1.165) is 38.3 Å². The standard InChI is InChI=1S/C22H43N5O2.HI/c1-7-23-21(25-22(4,5)6)24-12-10-8-9-11-19(28)26-13-15-27(16-14-26)20(29)17-18(2)3;/h18H,7-17H2,1-6H3,(H2,23,24,25);1H. The third-order valence-corrected chi connectivity index (χ3v) is 4.72. The van der Waals surface area contributed by atoms with E-state index in [1.165, 1.54) is 0 Å². The summed E-state index contributed by atoms with van der Waals surface area (Å²) in [6, 6.07) is 0. The van der Waals surface area contributed by atoms with Crippen molar-refractivity contribution in [3.05, 3.63) is 0 Å². The molecule has 1 heterocycles. The summed E-state index contributed by atoms with van der Waals surface area (Å²) in [6.45, 7) is 16.8. The van der Waals surface area contributed by atoms with E-state index in [1.807, 2.05) is 9.80 Å². The average molecular weight is 538 g/mol. The third kappa shape index (κ3) is 12.6. The number of halogens is 1. The monoisotopic (exact) mass is 537 g/mol. The molecule has 1 rings (SSSR count). The van der Waals surface area contributed by atoms with Gasteiger partial charge in [-0.1, -0.05) is 20.3 Å². The molecule has 1 aliphatic rings. The van der Waals surface area contributed by atoms with Crippen LogP contribution in [-0.4, -0.2) is 72.4 Å². The maximum absolute atomic E-state index is 12.4. The van der Waals surface area contributed by atoms with Gasteiger partial charge in [0.25, 0.3) is 0 Å². The van der Waals surface area contributed by atoms with Crippen LogP contribution in [0.4, 0.5) is 0 Å². The number of aliphatic imine (C=N–C) groups is 1. The molecule has 0 bridgehead atoms. The molecule has 0 aromatic heterocycles. The lowest BCUT2D eigenvalue weighted by Gasteiger charge is -2.35. The number of nitrogens with zero attached hydrogens (tertiary/aromatic N) is 3. The highest BCUT2D eigenvalue weighted by Gasteiger charge is 2.23. The largest absolute Gasteiger partial charge is 0.357 e. The van der Waals surface area contributed by atoms with Crippen molar-refractivity contribution in [2.75, 3.05) is 39.3 Å². The lowest BCUT2D eigenvalue weighted by Crippen LogP contribution is -2.50.